The molecule has 4 heteroatoms. The van der Waals surface area contributed by atoms with Crippen LogP contribution in [-0.4, -0.2) is 18.4 Å². The van der Waals surface area contributed by atoms with E-state index >= 15 is 0 Å². The second-order valence-electron chi connectivity index (χ2n) is 1.43. The van der Waals surface area contributed by atoms with Gasteiger partial charge in [-0.05, 0) is 0 Å². The highest BCUT2D eigenvalue weighted by molar-refractivity contribution is 5.80. The van der Waals surface area contributed by atoms with Crippen molar-refractivity contribution >= 4 is 11.9 Å². The summed E-state index contributed by atoms with van der Waals surface area (Å²) < 4.78 is 4.00. The van der Waals surface area contributed by atoms with Gasteiger partial charge < -0.3 is 10.1 Å². The van der Waals surface area contributed by atoms with Crippen LogP contribution in [0, 0.1) is 7.11 Å². The van der Waals surface area contributed by atoms with Crippen LogP contribution in [0.1, 0.15) is 6.92 Å². The Hall–Kier alpha value is -1.06. The van der Waals surface area contributed by atoms with Gasteiger partial charge >= 0.3 is 5.97 Å². The van der Waals surface area contributed by atoms with Crippen molar-refractivity contribution in [1.82, 2.24) is 5.32 Å². The van der Waals surface area contributed by atoms with Crippen LogP contribution >= 0.6 is 0 Å². The molecule has 4 nitrogen and oxygen atoms in total. The Morgan fingerprint density at radius 1 is 1.67 bits per heavy atom. The molecule has 0 heterocycles. The quantitative estimate of drug-likeness (QED) is 0.510. The molecule has 0 atom stereocenters. The van der Waals surface area contributed by atoms with E-state index in [-0.39, 0.29) is 12.5 Å². The molecule has 0 fully saturated rings. The van der Waals surface area contributed by atoms with E-state index < -0.39 is 5.97 Å². The highest BCUT2D eigenvalue weighted by Gasteiger charge is 1.98. The first kappa shape index (κ1) is 7.94. The summed E-state index contributed by atoms with van der Waals surface area (Å²) in [7, 11) is 2.86. The Morgan fingerprint density at radius 3 is 2.56 bits per heavy atom. The minimum atomic E-state index is -0.551. The highest BCUT2D eigenvalue weighted by Crippen LogP contribution is 1.70. The molecule has 51 valence electrons. The molecule has 0 saturated carbocycles. The van der Waals surface area contributed by atoms with Gasteiger partial charge in [0.1, 0.15) is 13.7 Å². The Bertz CT molecular complexity index is 121. The molecular weight excluding hydrogens is 122 g/mol. The molecule has 1 amide bonds. The Balaban J connectivity index is 3.28. The molecule has 0 aliphatic rings. The van der Waals surface area contributed by atoms with Gasteiger partial charge in [-0.25, -0.2) is 0 Å². The van der Waals surface area contributed by atoms with E-state index in [1.165, 1.54) is 6.92 Å². The highest BCUT2D eigenvalue weighted by atomic mass is 16.5. The fourth-order valence-electron chi connectivity index (χ4n) is 0.248. The number of ether oxygens (including phenoxy) is 1. The van der Waals surface area contributed by atoms with Crippen LogP contribution in [0.25, 0.3) is 0 Å². The van der Waals surface area contributed by atoms with Gasteiger partial charge in [-0.3, -0.25) is 9.59 Å². The number of carbonyl (C=O) groups is 2. The number of hydrogen-bond acceptors (Lipinski definition) is 3. The van der Waals surface area contributed by atoms with Crippen LogP contribution in [-0.2, 0) is 14.3 Å². The topological polar surface area (TPSA) is 55.4 Å². The largest absolute Gasteiger partial charge is 0.461 e. The first-order valence-electron chi connectivity index (χ1n) is 2.36. The van der Waals surface area contributed by atoms with E-state index in [1.807, 2.05) is 0 Å². The number of amides is 1. The lowest BCUT2D eigenvalue weighted by atomic mass is 10.6. The van der Waals surface area contributed by atoms with Gasteiger partial charge in [-0.2, -0.15) is 0 Å². The molecule has 0 aliphatic heterocycles. The normalized spacial score (nSPS) is 8.22. The third-order valence-corrected chi connectivity index (χ3v) is 0.643. The minimum Gasteiger partial charge on any atom is -0.461 e. The van der Waals surface area contributed by atoms with Crippen LogP contribution in [0.5, 0.6) is 0 Å². The number of nitrogens with one attached hydrogen (secondary N) is 1. The van der Waals surface area contributed by atoms with Gasteiger partial charge in [-0.15, -0.1) is 0 Å². The van der Waals surface area contributed by atoms with Crippen molar-refractivity contribution in [3.63, 3.8) is 0 Å². The predicted octanol–water partition coefficient (Wildman–Crippen LogP) is -0.543. The van der Waals surface area contributed by atoms with Crippen molar-refractivity contribution < 1.29 is 14.3 Å². The van der Waals surface area contributed by atoms with Gasteiger partial charge in [0, 0.05) is 6.92 Å². The monoisotopic (exact) mass is 130 g/mol. The fraction of sp³-hybridized carbons (Fsp3) is 0.400. The third-order valence-electron chi connectivity index (χ3n) is 0.643. The van der Waals surface area contributed by atoms with Crippen molar-refractivity contribution in [3.05, 3.63) is 7.11 Å². The Kier molecular flexibility index (Phi) is 3.43. The first-order valence-corrected chi connectivity index (χ1v) is 2.36. The van der Waals surface area contributed by atoms with Crippen LogP contribution in [0.4, 0.5) is 0 Å². The Morgan fingerprint density at radius 2 is 2.22 bits per heavy atom. The standard InChI is InChI=1S/C5H8NO3/c1-4(7)6-3-5(8)9-2/h2-3H2,1H3,(H,6,7). The maximum atomic E-state index is 10.2. The molecule has 0 bridgehead atoms. The molecule has 0 aromatic carbocycles. The number of esters is 1. The van der Waals surface area contributed by atoms with E-state index in [9.17, 15) is 9.59 Å². The SMILES string of the molecule is [CH2]OC(=O)CNC(C)=O. The van der Waals surface area contributed by atoms with Gasteiger partial charge in [-0.1, -0.05) is 0 Å². The summed E-state index contributed by atoms with van der Waals surface area (Å²) in [6.45, 7) is 1.20. The average molecular weight is 130 g/mol. The summed E-state index contributed by atoms with van der Waals surface area (Å²) >= 11 is 0. The van der Waals surface area contributed by atoms with Gasteiger partial charge in [0.25, 0.3) is 0 Å². The van der Waals surface area contributed by atoms with Gasteiger partial charge in [0.15, 0.2) is 0 Å². The van der Waals surface area contributed by atoms with Gasteiger partial charge in [0.2, 0.25) is 5.91 Å². The second kappa shape index (κ2) is 3.88. The number of hydrogen-bond donors (Lipinski definition) is 1. The van der Waals surface area contributed by atoms with Crippen LogP contribution in [0.2, 0.25) is 0 Å². The summed E-state index contributed by atoms with van der Waals surface area (Å²) in [6, 6.07) is 0. The molecule has 0 aliphatic carbocycles. The second-order valence-corrected chi connectivity index (χ2v) is 1.43. The zero-order valence-electron chi connectivity index (χ0n) is 5.14. The minimum absolute atomic E-state index is 0.112. The van der Waals surface area contributed by atoms with E-state index in [4.69, 9.17) is 0 Å². The molecule has 0 aromatic heterocycles. The van der Waals surface area contributed by atoms with Crippen molar-refractivity contribution in [1.29, 1.82) is 0 Å². The lowest BCUT2D eigenvalue weighted by Crippen LogP contribution is -2.27. The molecule has 0 spiro atoms. The van der Waals surface area contributed by atoms with E-state index in [2.05, 4.69) is 17.2 Å². The predicted molar refractivity (Wildman–Crippen MR) is 30.1 cm³/mol. The summed E-state index contributed by atoms with van der Waals surface area (Å²) in [5.74, 6) is -0.814. The summed E-state index contributed by atoms with van der Waals surface area (Å²) in [5.41, 5.74) is 0. The number of carbonyl (C=O) groups excluding carboxylic acids is 2. The molecule has 0 unspecified atom stereocenters. The summed E-state index contributed by atoms with van der Waals surface area (Å²) in [6.07, 6.45) is 0. The molecule has 9 heavy (non-hydrogen) atoms. The van der Waals surface area contributed by atoms with Crippen LogP contribution < -0.4 is 5.32 Å². The van der Waals surface area contributed by atoms with E-state index in [1.54, 1.807) is 0 Å². The summed E-state index contributed by atoms with van der Waals surface area (Å²) in [5, 5.41) is 2.24. The molecule has 0 aromatic rings. The zero-order valence-corrected chi connectivity index (χ0v) is 5.14. The maximum absolute atomic E-state index is 10.2. The van der Waals surface area contributed by atoms with E-state index in [0.717, 1.165) is 0 Å². The smallest absolute Gasteiger partial charge is 0.325 e. The van der Waals surface area contributed by atoms with Crippen LogP contribution in [0.3, 0.4) is 0 Å². The van der Waals surface area contributed by atoms with Gasteiger partial charge in [0.05, 0.1) is 0 Å². The number of rotatable bonds is 2. The molecule has 0 saturated heterocycles. The lowest BCUT2D eigenvalue weighted by Gasteiger charge is -1.97. The van der Waals surface area contributed by atoms with Crippen molar-refractivity contribution in [3.8, 4) is 0 Å². The molecule has 1 radical (unpaired) electrons. The fourth-order valence-corrected chi connectivity index (χ4v) is 0.248. The maximum Gasteiger partial charge on any atom is 0.325 e. The average Bonchev–Trinajstić information content (AvgIpc) is 1.83. The molecule has 1 N–H and O–H groups in total. The van der Waals surface area contributed by atoms with Crippen LogP contribution in [0.15, 0.2) is 0 Å². The molecular formula is C5H8NO3. The molecule has 0 rings (SSSR count). The van der Waals surface area contributed by atoms with Crippen molar-refractivity contribution in [2.45, 2.75) is 6.92 Å². The van der Waals surface area contributed by atoms with Crippen molar-refractivity contribution in [2.24, 2.45) is 0 Å². The summed E-state index contributed by atoms with van der Waals surface area (Å²) in [4.78, 5) is 20.3. The lowest BCUT2D eigenvalue weighted by molar-refractivity contribution is -0.138. The third kappa shape index (κ3) is 4.80. The van der Waals surface area contributed by atoms with E-state index in [0.29, 0.717) is 0 Å². The Labute approximate surface area is 53.2 Å². The van der Waals surface area contributed by atoms with Crippen molar-refractivity contribution in [2.75, 3.05) is 6.54 Å². The zero-order chi connectivity index (χ0) is 7.28. The first-order chi connectivity index (χ1) is 4.16.